The number of para-hydroxylation sites is 4. The van der Waals surface area contributed by atoms with Crippen LogP contribution in [-0.2, 0) is 0 Å². The molecule has 9 rings (SSSR count). The number of imidazole rings is 1. The van der Waals surface area contributed by atoms with Gasteiger partial charge in [-0.2, -0.15) is 0 Å². The van der Waals surface area contributed by atoms with E-state index in [9.17, 15) is 0 Å². The molecule has 0 bridgehead atoms. The molecular weight excluding hydrogens is 548 g/mol. The highest BCUT2D eigenvalue weighted by atomic mass is 15.1. The lowest BCUT2D eigenvalue weighted by molar-refractivity contribution is 1.10. The number of rotatable bonds is 4. The lowest BCUT2D eigenvalue weighted by Gasteiger charge is -2.14. The molecule has 210 valence electrons. The smallest absolute Gasteiger partial charge is 0.145 e. The van der Waals surface area contributed by atoms with E-state index < -0.39 is 0 Å². The van der Waals surface area contributed by atoms with Gasteiger partial charge in [-0.1, -0.05) is 109 Å². The van der Waals surface area contributed by atoms with E-state index in [1.54, 1.807) is 0 Å². The average Bonchev–Trinajstić information content (AvgIpc) is 3.51. The largest absolute Gasteiger partial charge is 0.292 e. The van der Waals surface area contributed by atoms with Crippen molar-refractivity contribution in [1.29, 1.82) is 0 Å². The quantitative estimate of drug-likeness (QED) is 0.155. The molecule has 0 radical (unpaired) electrons. The van der Waals surface area contributed by atoms with Crippen molar-refractivity contribution in [1.82, 2.24) is 19.5 Å². The Bertz CT molecular complexity index is 2530. The summed E-state index contributed by atoms with van der Waals surface area (Å²) in [5.74, 6) is 0.929. The van der Waals surface area contributed by atoms with Crippen LogP contribution in [0.25, 0.3) is 83.1 Å². The van der Waals surface area contributed by atoms with Crippen molar-refractivity contribution in [2.24, 2.45) is 0 Å². The Morgan fingerprint density at radius 1 is 0.444 bits per heavy atom. The summed E-state index contributed by atoms with van der Waals surface area (Å²) in [6, 6.07) is 53.1. The number of hydrogen-bond donors (Lipinski definition) is 0. The molecule has 0 spiro atoms. The van der Waals surface area contributed by atoms with E-state index in [2.05, 4.69) is 132 Å². The van der Waals surface area contributed by atoms with E-state index in [-0.39, 0.29) is 0 Å². The number of hydrogen-bond acceptors (Lipinski definition) is 3. The third-order valence-corrected chi connectivity index (χ3v) is 8.63. The average molecular weight is 575 g/mol. The first-order valence-electron chi connectivity index (χ1n) is 15.1. The maximum atomic E-state index is 5.09. The van der Waals surface area contributed by atoms with Crippen molar-refractivity contribution in [3.05, 3.63) is 158 Å². The molecule has 3 heterocycles. The minimum Gasteiger partial charge on any atom is -0.292 e. The lowest BCUT2D eigenvalue weighted by atomic mass is 9.93. The predicted octanol–water partition coefficient (Wildman–Crippen LogP) is 10.3. The zero-order valence-corrected chi connectivity index (χ0v) is 24.3. The molecule has 4 heteroatoms. The highest BCUT2D eigenvalue weighted by molar-refractivity contribution is 6.16. The molecule has 0 unspecified atom stereocenters. The zero-order valence-electron chi connectivity index (χ0n) is 24.3. The Hall–Kier alpha value is -6.13. The summed E-state index contributed by atoms with van der Waals surface area (Å²) in [7, 11) is 0. The van der Waals surface area contributed by atoms with Crippen LogP contribution in [0.2, 0.25) is 0 Å². The van der Waals surface area contributed by atoms with E-state index >= 15 is 0 Å². The molecule has 0 atom stereocenters. The fourth-order valence-corrected chi connectivity index (χ4v) is 6.53. The van der Waals surface area contributed by atoms with Gasteiger partial charge in [0.25, 0.3) is 0 Å². The van der Waals surface area contributed by atoms with Crippen molar-refractivity contribution >= 4 is 43.7 Å². The van der Waals surface area contributed by atoms with Gasteiger partial charge >= 0.3 is 0 Å². The predicted molar refractivity (Wildman–Crippen MR) is 185 cm³/mol. The van der Waals surface area contributed by atoms with E-state index in [1.807, 2.05) is 30.5 Å². The second-order valence-electron chi connectivity index (χ2n) is 11.3. The van der Waals surface area contributed by atoms with Crippen molar-refractivity contribution in [3.8, 4) is 39.3 Å². The molecular formula is C41H26N4. The standard InChI is InChI=1S/C41H26N4/c1-2-13-32(14-3-1)45-37-18-7-6-17-36(37)44-41(45)29-21-19-27(20-22-29)30-10-8-11-31(26-30)38-33-15-4-5-16-35(33)43-40-34(38)24-23-28-12-9-25-42-39(28)40/h1-26H. The monoisotopic (exact) mass is 574 g/mol. The molecule has 0 fully saturated rings. The number of nitrogens with zero attached hydrogens (tertiary/aromatic N) is 4. The van der Waals surface area contributed by atoms with Crippen LogP contribution in [0.1, 0.15) is 0 Å². The van der Waals surface area contributed by atoms with Gasteiger partial charge < -0.3 is 0 Å². The minimum atomic E-state index is 0.926. The molecule has 0 N–H and O–H groups in total. The Morgan fingerprint density at radius 3 is 2.09 bits per heavy atom. The fourth-order valence-electron chi connectivity index (χ4n) is 6.53. The van der Waals surface area contributed by atoms with Crippen molar-refractivity contribution in [2.75, 3.05) is 0 Å². The summed E-state index contributed by atoms with van der Waals surface area (Å²) in [6.45, 7) is 0. The number of pyridine rings is 2. The molecule has 45 heavy (non-hydrogen) atoms. The van der Waals surface area contributed by atoms with E-state index in [0.29, 0.717) is 0 Å². The Kier molecular flexibility index (Phi) is 5.78. The van der Waals surface area contributed by atoms with Crippen LogP contribution < -0.4 is 0 Å². The van der Waals surface area contributed by atoms with Gasteiger partial charge in [-0.15, -0.1) is 0 Å². The molecule has 0 saturated heterocycles. The van der Waals surface area contributed by atoms with Crippen molar-refractivity contribution in [2.45, 2.75) is 0 Å². The summed E-state index contributed by atoms with van der Waals surface area (Å²) in [5, 5.41) is 3.33. The molecule has 9 aromatic rings. The second-order valence-corrected chi connectivity index (χ2v) is 11.3. The molecule has 4 nitrogen and oxygen atoms in total. The Morgan fingerprint density at radius 2 is 1.20 bits per heavy atom. The maximum Gasteiger partial charge on any atom is 0.145 e. The third kappa shape index (κ3) is 4.19. The van der Waals surface area contributed by atoms with Crippen molar-refractivity contribution < 1.29 is 0 Å². The summed E-state index contributed by atoms with van der Waals surface area (Å²) in [4.78, 5) is 14.9. The van der Waals surface area contributed by atoms with Crippen LogP contribution >= 0.6 is 0 Å². The van der Waals surface area contributed by atoms with E-state index in [0.717, 1.165) is 77.5 Å². The summed E-state index contributed by atoms with van der Waals surface area (Å²) in [5.41, 5.74) is 11.7. The number of aromatic nitrogens is 4. The van der Waals surface area contributed by atoms with Crippen molar-refractivity contribution in [3.63, 3.8) is 0 Å². The van der Waals surface area contributed by atoms with Gasteiger partial charge in [0.15, 0.2) is 0 Å². The summed E-state index contributed by atoms with van der Waals surface area (Å²) >= 11 is 0. The maximum absolute atomic E-state index is 5.09. The van der Waals surface area contributed by atoms with Crippen LogP contribution in [-0.4, -0.2) is 19.5 Å². The summed E-state index contributed by atoms with van der Waals surface area (Å²) < 4.78 is 2.24. The highest BCUT2D eigenvalue weighted by Gasteiger charge is 2.16. The van der Waals surface area contributed by atoms with Crippen LogP contribution in [0.4, 0.5) is 0 Å². The molecule has 0 aliphatic carbocycles. The zero-order chi connectivity index (χ0) is 29.7. The first kappa shape index (κ1) is 25.4. The Labute approximate surface area is 259 Å². The number of benzene rings is 6. The van der Waals surface area contributed by atoms with Crippen LogP contribution in [0, 0.1) is 0 Å². The van der Waals surface area contributed by atoms with Gasteiger partial charge in [-0.05, 0) is 59.2 Å². The van der Waals surface area contributed by atoms with Crippen LogP contribution in [0.3, 0.4) is 0 Å². The Balaban J connectivity index is 1.17. The van der Waals surface area contributed by atoms with Gasteiger partial charge in [0.1, 0.15) is 5.82 Å². The molecule has 6 aromatic carbocycles. The van der Waals surface area contributed by atoms with Gasteiger partial charge in [-0.25, -0.2) is 9.97 Å². The van der Waals surface area contributed by atoms with E-state index in [4.69, 9.17) is 15.0 Å². The van der Waals surface area contributed by atoms with Gasteiger partial charge in [-0.3, -0.25) is 9.55 Å². The lowest BCUT2D eigenvalue weighted by Crippen LogP contribution is -1.97. The first-order chi connectivity index (χ1) is 22.3. The van der Waals surface area contributed by atoms with Crippen LogP contribution in [0.5, 0.6) is 0 Å². The fraction of sp³-hybridized carbons (Fsp3) is 0. The second kappa shape index (κ2) is 10.2. The SMILES string of the molecule is c1ccc(-n2c(-c3ccc(-c4cccc(-c5c6ccccc6nc6c5ccc5cccnc56)c4)cc3)nc3ccccc32)cc1. The topological polar surface area (TPSA) is 43.6 Å². The molecule has 0 aliphatic heterocycles. The molecule has 0 aliphatic rings. The molecule has 0 saturated carbocycles. The third-order valence-electron chi connectivity index (χ3n) is 8.63. The normalized spacial score (nSPS) is 11.6. The van der Waals surface area contributed by atoms with Gasteiger partial charge in [0.05, 0.1) is 27.6 Å². The molecule has 0 amide bonds. The highest BCUT2D eigenvalue weighted by Crippen LogP contribution is 2.39. The first-order valence-corrected chi connectivity index (χ1v) is 15.1. The molecule has 3 aromatic heterocycles. The van der Waals surface area contributed by atoms with Crippen LogP contribution in [0.15, 0.2) is 158 Å². The summed E-state index contributed by atoms with van der Waals surface area (Å²) in [6.07, 6.45) is 1.84. The minimum absolute atomic E-state index is 0.926. The van der Waals surface area contributed by atoms with Gasteiger partial charge in [0.2, 0.25) is 0 Å². The number of fused-ring (bicyclic) bond motifs is 5. The van der Waals surface area contributed by atoms with E-state index in [1.165, 1.54) is 5.56 Å². The van der Waals surface area contributed by atoms with Gasteiger partial charge in [0, 0.05) is 39.2 Å².